The fourth-order valence-corrected chi connectivity index (χ4v) is 0.999. The lowest BCUT2D eigenvalue weighted by Gasteiger charge is -2.07. The summed E-state index contributed by atoms with van der Waals surface area (Å²) in [6.07, 6.45) is 2.13. The number of nitrogens with zero attached hydrogens (tertiary/aromatic N) is 1. The van der Waals surface area contributed by atoms with Gasteiger partial charge in [-0.25, -0.2) is 0 Å². The van der Waals surface area contributed by atoms with Crippen LogP contribution < -0.4 is 15.2 Å². The third-order valence-electron chi connectivity index (χ3n) is 1.81. The zero-order valence-corrected chi connectivity index (χ0v) is 8.62. The molecule has 78 valence electrons. The van der Waals surface area contributed by atoms with Crippen molar-refractivity contribution < 1.29 is 9.47 Å². The molecular formula is C10H16N2O2. The van der Waals surface area contributed by atoms with Crippen molar-refractivity contribution in [3.05, 3.63) is 12.1 Å². The van der Waals surface area contributed by atoms with Gasteiger partial charge in [0, 0.05) is 6.07 Å². The van der Waals surface area contributed by atoms with Crippen molar-refractivity contribution in [3.63, 3.8) is 0 Å². The molecule has 0 fully saturated rings. The van der Waals surface area contributed by atoms with Crippen molar-refractivity contribution in [2.75, 3.05) is 19.5 Å². The summed E-state index contributed by atoms with van der Waals surface area (Å²) in [5.41, 5.74) is 6.14. The number of rotatable bonds is 5. The van der Waals surface area contributed by atoms with E-state index >= 15 is 0 Å². The number of hydrogen-bond donors (Lipinski definition) is 1. The lowest BCUT2D eigenvalue weighted by atomic mass is 10.3. The van der Waals surface area contributed by atoms with Crippen LogP contribution in [0, 0.1) is 0 Å². The van der Waals surface area contributed by atoms with Crippen molar-refractivity contribution in [1.82, 2.24) is 4.98 Å². The number of methoxy groups -OCH3 is 1. The van der Waals surface area contributed by atoms with Crippen molar-refractivity contribution in [3.8, 4) is 11.8 Å². The molecule has 1 rings (SSSR count). The van der Waals surface area contributed by atoms with Crippen LogP contribution in [0.4, 0.5) is 5.69 Å². The van der Waals surface area contributed by atoms with Crippen LogP contribution in [-0.4, -0.2) is 18.7 Å². The van der Waals surface area contributed by atoms with Crippen molar-refractivity contribution in [2.45, 2.75) is 19.8 Å². The number of unbranched alkanes of at least 4 members (excludes halogenated alkanes) is 1. The minimum atomic E-state index is 0.416. The normalized spacial score (nSPS) is 9.86. The second-order valence-corrected chi connectivity index (χ2v) is 2.95. The lowest BCUT2D eigenvalue weighted by Crippen LogP contribution is -2.01. The summed E-state index contributed by atoms with van der Waals surface area (Å²) in [7, 11) is 1.54. The van der Waals surface area contributed by atoms with E-state index in [2.05, 4.69) is 11.9 Å². The van der Waals surface area contributed by atoms with E-state index < -0.39 is 0 Å². The molecule has 0 saturated carbocycles. The average molecular weight is 196 g/mol. The smallest absolute Gasteiger partial charge is 0.240 e. The first-order valence-electron chi connectivity index (χ1n) is 4.71. The Labute approximate surface area is 84.0 Å². The predicted molar refractivity (Wildman–Crippen MR) is 55.6 cm³/mol. The zero-order valence-electron chi connectivity index (χ0n) is 8.62. The second-order valence-electron chi connectivity index (χ2n) is 2.95. The highest BCUT2D eigenvalue weighted by Crippen LogP contribution is 2.21. The Morgan fingerprint density at radius 2 is 2.21 bits per heavy atom. The minimum absolute atomic E-state index is 0.416. The maximum Gasteiger partial charge on any atom is 0.240 e. The quantitative estimate of drug-likeness (QED) is 0.730. The molecule has 0 bridgehead atoms. The molecule has 4 heteroatoms. The van der Waals surface area contributed by atoms with Gasteiger partial charge in [-0.2, -0.15) is 4.98 Å². The van der Waals surface area contributed by atoms with Gasteiger partial charge in [-0.05, 0) is 12.5 Å². The van der Waals surface area contributed by atoms with Gasteiger partial charge in [0.1, 0.15) is 0 Å². The van der Waals surface area contributed by atoms with Crippen LogP contribution in [0.5, 0.6) is 11.8 Å². The molecule has 0 unspecified atom stereocenters. The lowest BCUT2D eigenvalue weighted by molar-refractivity contribution is 0.291. The summed E-state index contributed by atoms with van der Waals surface area (Å²) in [6.45, 7) is 2.79. The van der Waals surface area contributed by atoms with Crippen LogP contribution in [0.3, 0.4) is 0 Å². The Balaban J connectivity index is 2.60. The van der Waals surface area contributed by atoms with Crippen LogP contribution in [-0.2, 0) is 0 Å². The maximum atomic E-state index is 5.61. The summed E-state index contributed by atoms with van der Waals surface area (Å²) in [5.74, 6) is 0.975. The molecule has 4 nitrogen and oxygen atoms in total. The molecule has 0 spiro atoms. The predicted octanol–water partition coefficient (Wildman–Crippen LogP) is 1.85. The molecule has 0 atom stereocenters. The van der Waals surface area contributed by atoms with Crippen LogP contribution in [0.15, 0.2) is 12.1 Å². The van der Waals surface area contributed by atoms with Gasteiger partial charge in [-0.15, -0.1) is 0 Å². The maximum absolute atomic E-state index is 5.61. The first-order valence-corrected chi connectivity index (χ1v) is 4.71. The highest BCUT2D eigenvalue weighted by Gasteiger charge is 2.02. The van der Waals surface area contributed by atoms with E-state index in [4.69, 9.17) is 15.2 Å². The van der Waals surface area contributed by atoms with Gasteiger partial charge in [0.05, 0.1) is 19.4 Å². The van der Waals surface area contributed by atoms with Crippen LogP contribution in [0.25, 0.3) is 0 Å². The number of anilines is 1. The molecule has 0 aliphatic rings. The Morgan fingerprint density at radius 3 is 2.86 bits per heavy atom. The number of nitrogen functional groups attached to an aromatic ring is 1. The fraction of sp³-hybridized carbons (Fsp3) is 0.500. The molecular weight excluding hydrogens is 180 g/mol. The van der Waals surface area contributed by atoms with E-state index in [0.717, 1.165) is 12.8 Å². The summed E-state index contributed by atoms with van der Waals surface area (Å²) < 4.78 is 10.4. The summed E-state index contributed by atoms with van der Waals surface area (Å²) in [5, 5.41) is 0. The van der Waals surface area contributed by atoms with E-state index in [1.54, 1.807) is 12.1 Å². The van der Waals surface area contributed by atoms with Gasteiger partial charge in [0.25, 0.3) is 0 Å². The van der Waals surface area contributed by atoms with Gasteiger partial charge in [-0.1, -0.05) is 13.3 Å². The molecule has 1 heterocycles. The molecule has 0 aliphatic heterocycles. The van der Waals surface area contributed by atoms with Gasteiger partial charge in [0.15, 0.2) is 0 Å². The van der Waals surface area contributed by atoms with E-state index in [9.17, 15) is 0 Å². The Bertz CT molecular complexity index is 289. The van der Waals surface area contributed by atoms with Gasteiger partial charge in [0.2, 0.25) is 11.8 Å². The van der Waals surface area contributed by atoms with Crippen molar-refractivity contribution >= 4 is 5.69 Å². The van der Waals surface area contributed by atoms with Gasteiger partial charge < -0.3 is 15.2 Å². The second kappa shape index (κ2) is 5.32. The fourth-order valence-electron chi connectivity index (χ4n) is 0.999. The molecule has 0 saturated heterocycles. The van der Waals surface area contributed by atoms with Crippen LogP contribution >= 0.6 is 0 Å². The highest BCUT2D eigenvalue weighted by molar-refractivity contribution is 5.49. The largest absolute Gasteiger partial charge is 0.479 e. The number of nitrogens with two attached hydrogens (primary N) is 1. The number of ether oxygens (including phenoxy) is 2. The van der Waals surface area contributed by atoms with Gasteiger partial charge >= 0.3 is 0 Å². The molecule has 14 heavy (non-hydrogen) atoms. The average Bonchev–Trinajstić information content (AvgIpc) is 2.21. The Hall–Kier alpha value is -1.45. The number of pyridine rings is 1. The SMILES string of the molecule is CCCCOc1ccc(N)c(OC)n1. The summed E-state index contributed by atoms with van der Waals surface area (Å²) in [4.78, 5) is 4.09. The van der Waals surface area contributed by atoms with E-state index in [0.29, 0.717) is 24.1 Å². The Kier molecular flexibility index (Phi) is 4.04. The standard InChI is InChI=1S/C10H16N2O2/c1-3-4-7-14-9-6-5-8(11)10(12-9)13-2/h5-6H,3-4,7,11H2,1-2H3. The summed E-state index contributed by atoms with van der Waals surface area (Å²) in [6, 6.07) is 3.47. The first kappa shape index (κ1) is 10.6. The van der Waals surface area contributed by atoms with E-state index in [1.807, 2.05) is 0 Å². The molecule has 0 amide bonds. The minimum Gasteiger partial charge on any atom is -0.479 e. The molecule has 0 radical (unpaired) electrons. The van der Waals surface area contributed by atoms with Crippen molar-refractivity contribution in [2.24, 2.45) is 0 Å². The Morgan fingerprint density at radius 1 is 1.43 bits per heavy atom. The molecule has 2 N–H and O–H groups in total. The summed E-state index contributed by atoms with van der Waals surface area (Å²) >= 11 is 0. The number of hydrogen-bond acceptors (Lipinski definition) is 4. The molecule has 1 aromatic heterocycles. The number of aromatic nitrogens is 1. The topological polar surface area (TPSA) is 57.4 Å². The van der Waals surface area contributed by atoms with Crippen LogP contribution in [0.1, 0.15) is 19.8 Å². The third-order valence-corrected chi connectivity index (χ3v) is 1.81. The highest BCUT2D eigenvalue weighted by atomic mass is 16.5. The van der Waals surface area contributed by atoms with E-state index in [1.165, 1.54) is 7.11 Å². The zero-order chi connectivity index (χ0) is 10.4. The van der Waals surface area contributed by atoms with Crippen LogP contribution in [0.2, 0.25) is 0 Å². The third kappa shape index (κ3) is 2.80. The van der Waals surface area contributed by atoms with Gasteiger partial charge in [-0.3, -0.25) is 0 Å². The van der Waals surface area contributed by atoms with E-state index in [-0.39, 0.29) is 0 Å². The molecule has 0 aromatic carbocycles. The molecule has 1 aromatic rings. The molecule has 0 aliphatic carbocycles. The monoisotopic (exact) mass is 196 g/mol. The van der Waals surface area contributed by atoms with Crippen molar-refractivity contribution in [1.29, 1.82) is 0 Å². The first-order chi connectivity index (χ1) is 6.77.